The molecule has 0 saturated carbocycles. The highest BCUT2D eigenvalue weighted by Crippen LogP contribution is 2.28. The van der Waals surface area contributed by atoms with Crippen molar-refractivity contribution in [2.75, 3.05) is 5.88 Å². The zero-order chi connectivity index (χ0) is 12.8. The molecule has 0 aliphatic carbocycles. The van der Waals surface area contributed by atoms with Crippen LogP contribution in [0.5, 0.6) is 0 Å². The quantitative estimate of drug-likeness (QED) is 0.518. The summed E-state index contributed by atoms with van der Waals surface area (Å²) in [5.41, 5.74) is 5.17. The Labute approximate surface area is 114 Å². The van der Waals surface area contributed by atoms with E-state index in [1.54, 1.807) is 0 Å². The lowest BCUT2D eigenvalue weighted by Gasteiger charge is -2.12. The van der Waals surface area contributed by atoms with Gasteiger partial charge in [-0.25, -0.2) is 0 Å². The van der Waals surface area contributed by atoms with Gasteiger partial charge in [-0.1, -0.05) is 60.7 Å². The lowest BCUT2D eigenvalue weighted by molar-refractivity contribution is 1.24. The first-order valence-electron chi connectivity index (χ1n) is 6.19. The summed E-state index contributed by atoms with van der Waals surface area (Å²) in [6.07, 6.45) is 0.895. The maximum absolute atomic E-state index is 5.94. The molecule has 0 amide bonds. The third kappa shape index (κ3) is 3.02. The largest absolute Gasteiger partial charge is 0.126 e. The van der Waals surface area contributed by atoms with Gasteiger partial charge in [-0.05, 0) is 35.6 Å². The Hall–Kier alpha value is -1.53. The van der Waals surface area contributed by atoms with Crippen molar-refractivity contribution in [1.82, 2.24) is 0 Å². The average Bonchev–Trinajstić information content (AvgIpc) is 2.46. The molecule has 0 heterocycles. The summed E-state index contributed by atoms with van der Waals surface area (Å²) in [5.74, 6) is 0.647. The van der Waals surface area contributed by atoms with E-state index in [1.165, 1.54) is 22.3 Å². The van der Waals surface area contributed by atoms with Crippen molar-refractivity contribution < 1.29 is 0 Å². The minimum absolute atomic E-state index is 0.647. The van der Waals surface area contributed by atoms with Gasteiger partial charge in [0.25, 0.3) is 0 Å². The molecule has 1 heteroatoms. The molecule has 0 saturated heterocycles. The average molecular weight is 257 g/mol. The Bertz CT molecular complexity index is 512. The molecule has 0 fully saturated rings. The van der Waals surface area contributed by atoms with Crippen LogP contribution in [0.4, 0.5) is 0 Å². The monoisotopic (exact) mass is 256 g/mol. The Kier molecular flexibility index (Phi) is 4.60. The fourth-order valence-electron chi connectivity index (χ4n) is 2.14. The molecule has 2 rings (SSSR count). The molecule has 0 aliphatic heterocycles. The van der Waals surface area contributed by atoms with Crippen molar-refractivity contribution in [2.45, 2.75) is 13.3 Å². The summed E-state index contributed by atoms with van der Waals surface area (Å²) < 4.78 is 0. The van der Waals surface area contributed by atoms with E-state index in [-0.39, 0.29) is 0 Å². The molecule has 0 atom stereocenters. The number of allylic oxidation sites excluding steroid dienone is 2. The molecule has 0 aromatic heterocycles. The smallest absolute Gasteiger partial charge is 0.0264 e. The van der Waals surface area contributed by atoms with Gasteiger partial charge in [0, 0.05) is 5.88 Å². The van der Waals surface area contributed by atoms with Crippen LogP contribution in [0.1, 0.15) is 24.5 Å². The first-order chi connectivity index (χ1) is 8.83. The van der Waals surface area contributed by atoms with E-state index in [9.17, 15) is 0 Å². The molecule has 2 aromatic rings. The standard InChI is InChI=1S/C17H17Cl/c1-14(15-8-4-2-5-9-15)17(12-13-18)16-10-6-3-7-11-16/h2-11H,12-13H2,1H3/b17-14-. The van der Waals surface area contributed by atoms with Crippen LogP contribution in [-0.2, 0) is 0 Å². The van der Waals surface area contributed by atoms with Crippen LogP contribution < -0.4 is 0 Å². The number of benzene rings is 2. The van der Waals surface area contributed by atoms with E-state index in [0.29, 0.717) is 5.88 Å². The summed E-state index contributed by atoms with van der Waals surface area (Å²) in [7, 11) is 0. The van der Waals surface area contributed by atoms with E-state index < -0.39 is 0 Å². The topological polar surface area (TPSA) is 0 Å². The summed E-state index contributed by atoms with van der Waals surface area (Å²) >= 11 is 5.94. The molecule has 0 radical (unpaired) electrons. The highest BCUT2D eigenvalue weighted by Gasteiger charge is 2.06. The predicted molar refractivity (Wildman–Crippen MR) is 80.7 cm³/mol. The molecule has 0 aliphatic rings. The van der Waals surface area contributed by atoms with Crippen molar-refractivity contribution in [3.05, 3.63) is 71.8 Å². The molecule has 92 valence electrons. The van der Waals surface area contributed by atoms with Gasteiger partial charge in [0.05, 0.1) is 0 Å². The van der Waals surface area contributed by atoms with Crippen LogP contribution in [0, 0.1) is 0 Å². The molecular weight excluding hydrogens is 240 g/mol. The Morgan fingerprint density at radius 2 is 1.33 bits per heavy atom. The van der Waals surface area contributed by atoms with Gasteiger partial charge in [0.15, 0.2) is 0 Å². The summed E-state index contributed by atoms with van der Waals surface area (Å²) in [6, 6.07) is 21.0. The van der Waals surface area contributed by atoms with Crippen LogP contribution in [0.3, 0.4) is 0 Å². The van der Waals surface area contributed by atoms with Crippen molar-refractivity contribution >= 4 is 22.7 Å². The molecule has 0 unspecified atom stereocenters. The summed E-state index contributed by atoms with van der Waals surface area (Å²) in [4.78, 5) is 0. The second-order valence-corrected chi connectivity index (χ2v) is 4.65. The Balaban J connectivity index is 2.47. The lowest BCUT2D eigenvalue weighted by atomic mass is 9.94. The summed E-state index contributed by atoms with van der Waals surface area (Å²) in [5, 5.41) is 0. The maximum Gasteiger partial charge on any atom is 0.0264 e. The normalized spacial score (nSPS) is 12.1. The fraction of sp³-hybridized carbons (Fsp3) is 0.176. The number of rotatable bonds is 4. The third-order valence-electron chi connectivity index (χ3n) is 3.13. The first kappa shape index (κ1) is 12.9. The SMILES string of the molecule is C/C(=C(\CCCl)c1ccccc1)c1ccccc1. The van der Waals surface area contributed by atoms with E-state index in [2.05, 4.69) is 55.5 Å². The zero-order valence-electron chi connectivity index (χ0n) is 10.6. The molecule has 0 nitrogen and oxygen atoms in total. The second kappa shape index (κ2) is 6.42. The number of halogens is 1. The molecule has 18 heavy (non-hydrogen) atoms. The third-order valence-corrected chi connectivity index (χ3v) is 3.32. The van der Waals surface area contributed by atoms with Crippen molar-refractivity contribution in [3.8, 4) is 0 Å². The maximum atomic E-state index is 5.94. The van der Waals surface area contributed by atoms with E-state index in [4.69, 9.17) is 11.6 Å². The van der Waals surface area contributed by atoms with Gasteiger partial charge in [0.2, 0.25) is 0 Å². The van der Waals surface area contributed by atoms with Gasteiger partial charge in [-0.15, -0.1) is 11.6 Å². The van der Waals surface area contributed by atoms with E-state index in [0.717, 1.165) is 6.42 Å². The van der Waals surface area contributed by atoms with Crippen LogP contribution in [-0.4, -0.2) is 5.88 Å². The number of hydrogen-bond acceptors (Lipinski definition) is 0. The van der Waals surface area contributed by atoms with E-state index in [1.807, 2.05) is 12.1 Å². The number of hydrogen-bond donors (Lipinski definition) is 0. The Morgan fingerprint density at radius 1 is 0.833 bits per heavy atom. The highest BCUT2D eigenvalue weighted by molar-refractivity contribution is 6.18. The predicted octanol–water partition coefficient (Wildman–Crippen LogP) is 5.25. The van der Waals surface area contributed by atoms with Gasteiger partial charge in [-0.2, -0.15) is 0 Å². The Morgan fingerprint density at radius 3 is 1.83 bits per heavy atom. The fourth-order valence-corrected chi connectivity index (χ4v) is 2.33. The van der Waals surface area contributed by atoms with Crippen molar-refractivity contribution in [2.24, 2.45) is 0 Å². The summed E-state index contributed by atoms with van der Waals surface area (Å²) in [6.45, 7) is 2.17. The molecule has 2 aromatic carbocycles. The van der Waals surface area contributed by atoms with Crippen LogP contribution in [0.15, 0.2) is 60.7 Å². The van der Waals surface area contributed by atoms with Crippen LogP contribution in [0.25, 0.3) is 11.1 Å². The van der Waals surface area contributed by atoms with Crippen molar-refractivity contribution in [3.63, 3.8) is 0 Å². The van der Waals surface area contributed by atoms with Gasteiger partial charge >= 0.3 is 0 Å². The van der Waals surface area contributed by atoms with Gasteiger partial charge < -0.3 is 0 Å². The molecular formula is C17H17Cl. The zero-order valence-corrected chi connectivity index (χ0v) is 11.3. The highest BCUT2D eigenvalue weighted by atomic mass is 35.5. The van der Waals surface area contributed by atoms with Gasteiger partial charge in [-0.3, -0.25) is 0 Å². The second-order valence-electron chi connectivity index (χ2n) is 4.27. The minimum atomic E-state index is 0.647. The first-order valence-corrected chi connectivity index (χ1v) is 6.73. The molecule has 0 spiro atoms. The lowest BCUT2D eigenvalue weighted by Crippen LogP contribution is -1.91. The van der Waals surface area contributed by atoms with Crippen molar-refractivity contribution in [1.29, 1.82) is 0 Å². The molecule has 0 N–H and O–H groups in total. The van der Waals surface area contributed by atoms with Gasteiger partial charge in [0.1, 0.15) is 0 Å². The minimum Gasteiger partial charge on any atom is -0.126 e. The number of alkyl halides is 1. The van der Waals surface area contributed by atoms with E-state index >= 15 is 0 Å². The van der Waals surface area contributed by atoms with Crippen LogP contribution in [0.2, 0.25) is 0 Å². The van der Waals surface area contributed by atoms with Crippen LogP contribution >= 0.6 is 11.6 Å². The molecule has 0 bridgehead atoms.